The van der Waals surface area contributed by atoms with Crippen LogP contribution in [-0.4, -0.2) is 39.8 Å². The monoisotopic (exact) mass is 284 g/mol. The van der Waals surface area contributed by atoms with Gasteiger partial charge in [-0.05, 0) is 18.8 Å². The molecule has 1 amide bonds. The molecule has 1 saturated carbocycles. The van der Waals surface area contributed by atoms with E-state index in [0.717, 1.165) is 18.4 Å². The fraction of sp³-hybridized carbons (Fsp3) is 0.375. The third kappa shape index (κ3) is 2.14. The lowest BCUT2D eigenvalue weighted by Crippen LogP contribution is -2.64. The summed E-state index contributed by atoms with van der Waals surface area (Å²) >= 11 is 0. The van der Waals surface area contributed by atoms with Crippen molar-refractivity contribution in [2.24, 2.45) is 5.92 Å². The van der Waals surface area contributed by atoms with Gasteiger partial charge in [0.1, 0.15) is 11.3 Å². The standard InChI is InChI=1S/C16H16N2O3/c19-15(18-9-16(20,10-18)12-6-7-12)14-8-13(17-21-14)11-4-2-1-3-5-11/h1-5,8,12,20H,6-7,9-10H2. The van der Waals surface area contributed by atoms with Gasteiger partial charge in [-0.15, -0.1) is 0 Å². The van der Waals surface area contributed by atoms with Crippen LogP contribution in [0.25, 0.3) is 11.3 Å². The van der Waals surface area contributed by atoms with Crippen molar-refractivity contribution in [3.05, 3.63) is 42.2 Å². The van der Waals surface area contributed by atoms with Crippen molar-refractivity contribution in [2.75, 3.05) is 13.1 Å². The van der Waals surface area contributed by atoms with Crippen molar-refractivity contribution >= 4 is 5.91 Å². The highest BCUT2D eigenvalue weighted by Gasteiger charge is 2.53. The van der Waals surface area contributed by atoms with Crippen LogP contribution in [-0.2, 0) is 0 Å². The number of carbonyl (C=O) groups excluding carboxylic acids is 1. The second-order valence-corrected chi connectivity index (χ2v) is 5.98. The molecule has 1 N–H and O–H groups in total. The second kappa shape index (κ2) is 4.43. The van der Waals surface area contributed by atoms with Gasteiger partial charge in [0.15, 0.2) is 0 Å². The molecule has 108 valence electrons. The summed E-state index contributed by atoms with van der Waals surface area (Å²) in [6, 6.07) is 11.2. The van der Waals surface area contributed by atoms with Crippen molar-refractivity contribution in [2.45, 2.75) is 18.4 Å². The molecule has 0 atom stereocenters. The van der Waals surface area contributed by atoms with Crippen molar-refractivity contribution in [3.8, 4) is 11.3 Å². The summed E-state index contributed by atoms with van der Waals surface area (Å²) in [5, 5.41) is 14.2. The molecular weight excluding hydrogens is 268 g/mol. The van der Waals surface area contributed by atoms with Crippen LogP contribution in [0.2, 0.25) is 0 Å². The summed E-state index contributed by atoms with van der Waals surface area (Å²) in [4.78, 5) is 13.9. The molecule has 0 radical (unpaired) electrons. The Morgan fingerprint density at radius 3 is 2.67 bits per heavy atom. The molecule has 1 aliphatic heterocycles. The highest BCUT2D eigenvalue weighted by molar-refractivity contribution is 5.93. The van der Waals surface area contributed by atoms with E-state index in [4.69, 9.17) is 4.52 Å². The van der Waals surface area contributed by atoms with E-state index in [2.05, 4.69) is 5.16 Å². The third-order valence-corrected chi connectivity index (χ3v) is 4.34. The summed E-state index contributed by atoms with van der Waals surface area (Å²) in [6.07, 6.45) is 2.14. The van der Waals surface area contributed by atoms with E-state index in [1.165, 1.54) is 0 Å². The van der Waals surface area contributed by atoms with Crippen LogP contribution in [0.1, 0.15) is 23.4 Å². The van der Waals surface area contributed by atoms with Crippen LogP contribution >= 0.6 is 0 Å². The molecule has 1 saturated heterocycles. The maximum absolute atomic E-state index is 12.3. The molecule has 2 aliphatic rings. The lowest BCUT2D eigenvalue weighted by atomic mass is 9.88. The van der Waals surface area contributed by atoms with Crippen molar-refractivity contribution in [1.82, 2.24) is 10.1 Å². The molecule has 5 heteroatoms. The molecule has 0 bridgehead atoms. The number of amides is 1. The quantitative estimate of drug-likeness (QED) is 0.935. The molecule has 2 aromatic rings. The third-order valence-electron chi connectivity index (χ3n) is 4.34. The molecule has 4 rings (SSSR count). The summed E-state index contributed by atoms with van der Waals surface area (Å²) in [6.45, 7) is 0.801. The zero-order valence-corrected chi connectivity index (χ0v) is 11.5. The summed E-state index contributed by atoms with van der Waals surface area (Å²) in [5.74, 6) is 0.401. The van der Waals surface area contributed by atoms with E-state index in [-0.39, 0.29) is 11.7 Å². The zero-order valence-electron chi connectivity index (χ0n) is 11.5. The number of carbonyl (C=O) groups is 1. The van der Waals surface area contributed by atoms with Gasteiger partial charge in [0.2, 0.25) is 5.76 Å². The van der Waals surface area contributed by atoms with Crippen LogP contribution in [0.15, 0.2) is 40.9 Å². The van der Waals surface area contributed by atoms with Gasteiger partial charge in [-0.3, -0.25) is 4.79 Å². The van der Waals surface area contributed by atoms with E-state index < -0.39 is 5.60 Å². The number of aliphatic hydroxyl groups is 1. The SMILES string of the molecule is O=C(c1cc(-c2ccccc2)no1)N1CC(O)(C2CC2)C1. The number of β-amino-alcohol motifs (C(OH)–C–C–N with tert-alkyl or cyclic N) is 1. The topological polar surface area (TPSA) is 66.6 Å². The van der Waals surface area contributed by atoms with Gasteiger partial charge in [-0.25, -0.2) is 0 Å². The molecule has 1 aromatic heterocycles. The number of likely N-dealkylation sites (tertiary alicyclic amines) is 1. The number of rotatable bonds is 3. The molecule has 2 fully saturated rings. The first-order valence-corrected chi connectivity index (χ1v) is 7.19. The minimum absolute atomic E-state index is 0.199. The summed E-state index contributed by atoms with van der Waals surface area (Å²) in [5.41, 5.74) is 0.896. The highest BCUT2D eigenvalue weighted by atomic mass is 16.5. The Morgan fingerprint density at radius 2 is 2.00 bits per heavy atom. The van der Waals surface area contributed by atoms with Crippen LogP contribution in [0.4, 0.5) is 0 Å². The Labute approximate surface area is 122 Å². The first kappa shape index (κ1) is 12.6. The van der Waals surface area contributed by atoms with E-state index in [0.29, 0.717) is 24.7 Å². The molecular formula is C16H16N2O3. The zero-order chi connectivity index (χ0) is 14.4. The van der Waals surface area contributed by atoms with Gasteiger partial charge in [0.25, 0.3) is 5.91 Å². The predicted octanol–water partition coefficient (Wildman–Crippen LogP) is 1.94. The van der Waals surface area contributed by atoms with Crippen LogP contribution < -0.4 is 0 Å². The van der Waals surface area contributed by atoms with Crippen molar-refractivity contribution in [3.63, 3.8) is 0 Å². The fourth-order valence-electron chi connectivity index (χ4n) is 2.91. The van der Waals surface area contributed by atoms with Gasteiger partial charge >= 0.3 is 0 Å². The van der Waals surface area contributed by atoms with Gasteiger partial charge in [0, 0.05) is 11.6 Å². The molecule has 0 unspecified atom stereocenters. The Morgan fingerprint density at radius 1 is 1.29 bits per heavy atom. The lowest BCUT2D eigenvalue weighted by Gasteiger charge is -2.46. The van der Waals surface area contributed by atoms with E-state index in [1.54, 1.807) is 11.0 Å². The Kier molecular flexibility index (Phi) is 2.65. The van der Waals surface area contributed by atoms with Crippen molar-refractivity contribution < 1.29 is 14.4 Å². The second-order valence-electron chi connectivity index (χ2n) is 5.98. The molecule has 21 heavy (non-hydrogen) atoms. The Hall–Kier alpha value is -2.14. The average molecular weight is 284 g/mol. The minimum atomic E-state index is -0.669. The van der Waals surface area contributed by atoms with Crippen LogP contribution in [0.5, 0.6) is 0 Å². The number of aromatic nitrogens is 1. The number of benzene rings is 1. The van der Waals surface area contributed by atoms with Gasteiger partial charge < -0.3 is 14.5 Å². The molecule has 0 spiro atoms. The molecule has 2 heterocycles. The van der Waals surface area contributed by atoms with Gasteiger partial charge in [0.05, 0.1) is 13.1 Å². The predicted molar refractivity (Wildman–Crippen MR) is 75.5 cm³/mol. The molecule has 1 aromatic carbocycles. The minimum Gasteiger partial charge on any atom is -0.386 e. The largest absolute Gasteiger partial charge is 0.386 e. The van der Waals surface area contributed by atoms with E-state index >= 15 is 0 Å². The number of hydrogen-bond acceptors (Lipinski definition) is 4. The highest BCUT2D eigenvalue weighted by Crippen LogP contribution is 2.44. The average Bonchev–Trinajstić information content (AvgIpc) is 3.22. The summed E-state index contributed by atoms with van der Waals surface area (Å²) in [7, 11) is 0. The van der Waals surface area contributed by atoms with E-state index in [9.17, 15) is 9.90 Å². The normalized spacial score (nSPS) is 20.1. The lowest BCUT2D eigenvalue weighted by molar-refractivity contribution is -0.0966. The fourth-order valence-corrected chi connectivity index (χ4v) is 2.91. The van der Waals surface area contributed by atoms with Gasteiger partial charge in [-0.2, -0.15) is 0 Å². The first-order valence-electron chi connectivity index (χ1n) is 7.19. The maximum atomic E-state index is 12.3. The van der Waals surface area contributed by atoms with E-state index in [1.807, 2.05) is 30.3 Å². The smallest absolute Gasteiger partial charge is 0.292 e. The number of hydrogen-bond donors (Lipinski definition) is 1. The Balaban J connectivity index is 1.48. The first-order chi connectivity index (χ1) is 10.2. The summed E-state index contributed by atoms with van der Waals surface area (Å²) < 4.78 is 5.16. The number of nitrogens with zero attached hydrogens (tertiary/aromatic N) is 2. The van der Waals surface area contributed by atoms with Crippen LogP contribution in [0.3, 0.4) is 0 Å². The van der Waals surface area contributed by atoms with Crippen molar-refractivity contribution in [1.29, 1.82) is 0 Å². The molecule has 1 aliphatic carbocycles. The van der Waals surface area contributed by atoms with Crippen LogP contribution in [0, 0.1) is 5.92 Å². The Bertz CT molecular complexity index is 670. The van der Waals surface area contributed by atoms with Gasteiger partial charge in [-0.1, -0.05) is 35.5 Å². The maximum Gasteiger partial charge on any atom is 0.292 e. The molecule has 5 nitrogen and oxygen atoms in total.